The van der Waals surface area contributed by atoms with Gasteiger partial charge in [0.2, 0.25) is 0 Å². The molecule has 3 N–H and O–H groups in total. The van der Waals surface area contributed by atoms with Crippen LogP contribution in [-0.4, -0.2) is 19.8 Å². The summed E-state index contributed by atoms with van der Waals surface area (Å²) < 4.78 is 5.37. The minimum atomic E-state index is 0.169. The lowest BCUT2D eigenvalue weighted by atomic mass is 10.0. The zero-order valence-electron chi connectivity index (χ0n) is 7.79. The molecule has 14 heavy (non-hydrogen) atoms. The summed E-state index contributed by atoms with van der Waals surface area (Å²) in [5.74, 6) is 0. The van der Waals surface area contributed by atoms with E-state index in [1.54, 1.807) is 6.07 Å². The fourth-order valence-electron chi connectivity index (χ4n) is 1.62. The first-order valence-corrected chi connectivity index (χ1v) is 5.02. The molecule has 1 fully saturated rings. The molecule has 0 spiro atoms. The average molecular weight is 213 g/mol. The highest BCUT2D eigenvalue weighted by Crippen LogP contribution is 2.28. The number of halogens is 1. The lowest BCUT2D eigenvalue weighted by Gasteiger charge is -2.25. The quantitative estimate of drug-likeness (QED) is 0.695. The summed E-state index contributed by atoms with van der Waals surface area (Å²) in [5.41, 5.74) is 7.56. The van der Waals surface area contributed by atoms with Crippen LogP contribution in [0, 0.1) is 0 Å². The zero-order valence-corrected chi connectivity index (χ0v) is 8.55. The van der Waals surface area contributed by atoms with Gasteiger partial charge in [-0.05, 0) is 11.6 Å². The predicted octanol–water partition coefficient (Wildman–Crippen LogP) is 1.58. The Bertz CT molecular complexity index is 324. The number of hydrogen-bond acceptors (Lipinski definition) is 3. The third kappa shape index (κ3) is 1.85. The van der Waals surface area contributed by atoms with Crippen molar-refractivity contribution in [3.63, 3.8) is 0 Å². The van der Waals surface area contributed by atoms with E-state index >= 15 is 0 Å². The van der Waals surface area contributed by atoms with Crippen LogP contribution in [0.15, 0.2) is 18.2 Å². The number of para-hydroxylation sites is 1. The highest BCUT2D eigenvalue weighted by molar-refractivity contribution is 6.33. The molecule has 4 heteroatoms. The Kier molecular flexibility index (Phi) is 2.91. The van der Waals surface area contributed by atoms with Gasteiger partial charge in [0, 0.05) is 6.54 Å². The molecule has 1 aromatic carbocycles. The number of nitrogens with one attached hydrogen (secondary N) is 1. The molecule has 1 heterocycles. The number of nitrogens with two attached hydrogens (primary N) is 1. The van der Waals surface area contributed by atoms with Crippen molar-refractivity contribution in [3.05, 3.63) is 28.8 Å². The van der Waals surface area contributed by atoms with Crippen molar-refractivity contribution in [1.82, 2.24) is 5.32 Å². The topological polar surface area (TPSA) is 47.3 Å². The van der Waals surface area contributed by atoms with E-state index < -0.39 is 0 Å². The number of anilines is 1. The second kappa shape index (κ2) is 4.17. The minimum absolute atomic E-state index is 0.169. The van der Waals surface area contributed by atoms with E-state index in [-0.39, 0.29) is 6.04 Å². The molecular weight excluding hydrogens is 200 g/mol. The van der Waals surface area contributed by atoms with Crippen molar-refractivity contribution >= 4 is 17.3 Å². The Hall–Kier alpha value is -0.770. The van der Waals surface area contributed by atoms with Gasteiger partial charge in [0.05, 0.1) is 30.0 Å². The molecular formula is C10H13ClN2O. The number of ether oxygens (including phenoxy) is 1. The molecule has 0 saturated carbocycles. The maximum atomic E-state index is 5.94. The van der Waals surface area contributed by atoms with Crippen molar-refractivity contribution in [2.45, 2.75) is 6.04 Å². The van der Waals surface area contributed by atoms with E-state index in [1.165, 1.54) is 0 Å². The molecule has 0 radical (unpaired) electrons. The number of nitrogen functional groups attached to an aromatic ring is 1. The third-order valence-electron chi connectivity index (χ3n) is 2.38. The summed E-state index contributed by atoms with van der Waals surface area (Å²) in [7, 11) is 0. The van der Waals surface area contributed by atoms with Gasteiger partial charge in [-0.15, -0.1) is 0 Å². The monoisotopic (exact) mass is 212 g/mol. The molecule has 3 nitrogen and oxygen atoms in total. The molecule has 0 aliphatic carbocycles. The Morgan fingerprint density at radius 2 is 2.36 bits per heavy atom. The summed E-state index contributed by atoms with van der Waals surface area (Å²) in [4.78, 5) is 0. The molecule has 1 aromatic rings. The number of hydrogen-bond donors (Lipinski definition) is 2. The van der Waals surface area contributed by atoms with Crippen molar-refractivity contribution in [2.24, 2.45) is 0 Å². The van der Waals surface area contributed by atoms with E-state index in [0.717, 1.165) is 18.7 Å². The van der Waals surface area contributed by atoms with E-state index in [4.69, 9.17) is 22.1 Å². The fourth-order valence-corrected chi connectivity index (χ4v) is 1.80. The minimum Gasteiger partial charge on any atom is -0.397 e. The first-order chi connectivity index (χ1) is 6.79. The van der Waals surface area contributed by atoms with Crippen LogP contribution >= 0.6 is 11.6 Å². The van der Waals surface area contributed by atoms with Crippen molar-refractivity contribution in [2.75, 3.05) is 25.5 Å². The normalized spacial score (nSPS) is 22.2. The van der Waals surface area contributed by atoms with Crippen LogP contribution in [-0.2, 0) is 4.74 Å². The SMILES string of the molecule is Nc1c(Cl)cccc1C1COCCN1. The van der Waals surface area contributed by atoms with Gasteiger partial charge in [0.15, 0.2) is 0 Å². The van der Waals surface area contributed by atoms with Crippen LogP contribution in [0.2, 0.25) is 5.02 Å². The van der Waals surface area contributed by atoms with Crippen LogP contribution < -0.4 is 11.1 Å². The van der Waals surface area contributed by atoms with Crippen LogP contribution in [0.25, 0.3) is 0 Å². The molecule has 76 valence electrons. The zero-order chi connectivity index (χ0) is 9.97. The third-order valence-corrected chi connectivity index (χ3v) is 2.71. The van der Waals surface area contributed by atoms with Crippen molar-refractivity contribution < 1.29 is 4.74 Å². The molecule has 2 rings (SSSR count). The Morgan fingerprint density at radius 3 is 3.07 bits per heavy atom. The molecule has 0 amide bonds. The van der Waals surface area contributed by atoms with Crippen molar-refractivity contribution in [1.29, 1.82) is 0 Å². The van der Waals surface area contributed by atoms with Gasteiger partial charge in [-0.25, -0.2) is 0 Å². The fraction of sp³-hybridized carbons (Fsp3) is 0.400. The van der Waals surface area contributed by atoms with Crippen LogP contribution in [0.4, 0.5) is 5.69 Å². The summed E-state index contributed by atoms with van der Waals surface area (Å²) >= 11 is 5.94. The highest BCUT2D eigenvalue weighted by Gasteiger charge is 2.18. The molecule has 0 bridgehead atoms. The van der Waals surface area contributed by atoms with Crippen LogP contribution in [0.1, 0.15) is 11.6 Å². The van der Waals surface area contributed by atoms with Gasteiger partial charge in [0.1, 0.15) is 0 Å². The molecule has 1 saturated heterocycles. The average Bonchev–Trinajstić information content (AvgIpc) is 2.23. The summed E-state index contributed by atoms with van der Waals surface area (Å²) in [6.07, 6.45) is 0. The van der Waals surface area contributed by atoms with E-state index in [9.17, 15) is 0 Å². The number of rotatable bonds is 1. The Labute approximate surface area is 88.2 Å². The van der Waals surface area contributed by atoms with Gasteiger partial charge in [-0.3, -0.25) is 0 Å². The molecule has 1 aliphatic rings. The lowest BCUT2D eigenvalue weighted by molar-refractivity contribution is 0.0771. The predicted molar refractivity (Wildman–Crippen MR) is 57.4 cm³/mol. The summed E-state index contributed by atoms with van der Waals surface area (Å²) in [6.45, 7) is 2.28. The van der Waals surface area contributed by atoms with Crippen LogP contribution in [0.3, 0.4) is 0 Å². The smallest absolute Gasteiger partial charge is 0.0662 e. The first kappa shape index (κ1) is 9.77. The maximum Gasteiger partial charge on any atom is 0.0662 e. The molecule has 1 atom stereocenters. The Morgan fingerprint density at radius 1 is 1.50 bits per heavy atom. The first-order valence-electron chi connectivity index (χ1n) is 4.64. The van der Waals surface area contributed by atoms with Gasteiger partial charge >= 0.3 is 0 Å². The largest absolute Gasteiger partial charge is 0.397 e. The summed E-state index contributed by atoms with van der Waals surface area (Å²) in [5, 5.41) is 3.95. The Balaban J connectivity index is 2.26. The van der Waals surface area contributed by atoms with Gasteiger partial charge in [-0.1, -0.05) is 23.7 Å². The van der Waals surface area contributed by atoms with Crippen molar-refractivity contribution in [3.8, 4) is 0 Å². The number of benzene rings is 1. The molecule has 1 unspecified atom stereocenters. The van der Waals surface area contributed by atoms with Gasteiger partial charge < -0.3 is 15.8 Å². The summed E-state index contributed by atoms with van der Waals surface area (Å²) in [6, 6.07) is 5.85. The number of morpholine rings is 1. The van der Waals surface area contributed by atoms with E-state index in [0.29, 0.717) is 17.3 Å². The van der Waals surface area contributed by atoms with Gasteiger partial charge in [0.25, 0.3) is 0 Å². The van der Waals surface area contributed by atoms with Gasteiger partial charge in [-0.2, -0.15) is 0 Å². The van der Waals surface area contributed by atoms with Crippen LogP contribution in [0.5, 0.6) is 0 Å². The molecule has 1 aliphatic heterocycles. The second-order valence-corrected chi connectivity index (χ2v) is 3.73. The maximum absolute atomic E-state index is 5.94. The van der Waals surface area contributed by atoms with E-state index in [2.05, 4.69) is 5.32 Å². The highest BCUT2D eigenvalue weighted by atomic mass is 35.5. The standard InChI is InChI=1S/C10H13ClN2O/c11-8-3-1-2-7(10(8)12)9-6-14-5-4-13-9/h1-3,9,13H,4-6,12H2. The lowest BCUT2D eigenvalue weighted by Crippen LogP contribution is -2.34. The molecule has 0 aromatic heterocycles. The van der Waals surface area contributed by atoms with E-state index in [1.807, 2.05) is 12.1 Å². The second-order valence-electron chi connectivity index (χ2n) is 3.32.